The molecule has 194 valence electrons. The van der Waals surface area contributed by atoms with Crippen LogP contribution in [0.15, 0.2) is 47.8 Å². The summed E-state index contributed by atoms with van der Waals surface area (Å²) in [6, 6.07) is 11.1. The Hall–Kier alpha value is -3.86. The molecule has 4 rings (SSSR count). The lowest BCUT2D eigenvalue weighted by molar-refractivity contribution is 0.0231. The summed E-state index contributed by atoms with van der Waals surface area (Å²) in [5, 5.41) is 4.69. The maximum atomic E-state index is 13.8. The minimum Gasteiger partial charge on any atom is -0.444 e. The Morgan fingerprint density at radius 3 is 2.51 bits per heavy atom. The predicted octanol–water partition coefficient (Wildman–Crippen LogP) is 5.21. The third-order valence-electron chi connectivity index (χ3n) is 5.30. The van der Waals surface area contributed by atoms with Crippen LogP contribution >= 0.6 is 11.3 Å². The van der Waals surface area contributed by atoms with Crippen LogP contribution in [0.4, 0.5) is 13.6 Å². The lowest BCUT2D eigenvalue weighted by Gasteiger charge is -2.26. The highest BCUT2D eigenvalue weighted by Gasteiger charge is 2.24. The zero-order chi connectivity index (χ0) is 26.6. The molecule has 0 aliphatic carbocycles. The average molecular weight is 528 g/mol. The number of amides is 2. The van der Waals surface area contributed by atoms with Crippen molar-refractivity contribution in [3.05, 3.63) is 81.6 Å². The Labute approximate surface area is 216 Å². The second kappa shape index (κ2) is 11.0. The predicted molar refractivity (Wildman–Crippen MR) is 136 cm³/mol. The summed E-state index contributed by atoms with van der Waals surface area (Å²) in [6.07, 6.45) is -0.117. The van der Waals surface area contributed by atoms with Gasteiger partial charge in [0.05, 0.1) is 22.6 Å². The number of para-hydroxylation sites is 2. The van der Waals surface area contributed by atoms with E-state index in [2.05, 4.69) is 20.3 Å². The van der Waals surface area contributed by atoms with Gasteiger partial charge in [0.1, 0.15) is 28.8 Å². The molecule has 0 spiro atoms. The number of halogens is 2. The molecule has 2 aromatic carbocycles. The molecular weight excluding hydrogens is 500 g/mol. The topological polar surface area (TPSA) is 100 Å². The molecule has 0 aliphatic heterocycles. The third-order valence-corrected chi connectivity index (χ3v) is 6.21. The second-order valence-corrected chi connectivity index (χ2v) is 10.3. The number of H-pyrrole nitrogens is 1. The van der Waals surface area contributed by atoms with Crippen molar-refractivity contribution in [1.29, 1.82) is 0 Å². The van der Waals surface area contributed by atoms with Gasteiger partial charge in [0.15, 0.2) is 0 Å². The van der Waals surface area contributed by atoms with Crippen LogP contribution in [0, 0.1) is 11.6 Å². The number of carbonyl (C=O) groups excluding carboxylic acids is 2. The number of aromatic amines is 1. The van der Waals surface area contributed by atoms with E-state index >= 15 is 0 Å². The zero-order valence-corrected chi connectivity index (χ0v) is 21.5. The molecule has 2 amide bonds. The van der Waals surface area contributed by atoms with E-state index in [-0.39, 0.29) is 30.9 Å². The SMILES string of the molecule is CC(C)(C)OC(=O)N(CCc1nc(C(=O)NCc2c(F)cccc2F)cs1)Cc1nc2ccccc2[nH]1. The monoisotopic (exact) mass is 527 g/mol. The van der Waals surface area contributed by atoms with Crippen molar-refractivity contribution in [2.45, 2.75) is 45.9 Å². The van der Waals surface area contributed by atoms with E-state index in [4.69, 9.17) is 4.74 Å². The zero-order valence-electron chi connectivity index (χ0n) is 20.7. The summed E-state index contributed by atoms with van der Waals surface area (Å²) in [5.74, 6) is -1.39. The van der Waals surface area contributed by atoms with Gasteiger partial charge in [-0.2, -0.15) is 0 Å². The molecule has 0 fully saturated rings. The van der Waals surface area contributed by atoms with E-state index in [1.54, 1.807) is 26.2 Å². The Morgan fingerprint density at radius 1 is 1.08 bits per heavy atom. The number of aromatic nitrogens is 3. The van der Waals surface area contributed by atoms with Gasteiger partial charge in [-0.15, -0.1) is 11.3 Å². The van der Waals surface area contributed by atoms with Crippen molar-refractivity contribution in [3.8, 4) is 0 Å². The number of ether oxygens (including phenoxy) is 1. The number of benzene rings is 2. The van der Waals surface area contributed by atoms with Gasteiger partial charge in [-0.1, -0.05) is 18.2 Å². The normalized spacial score (nSPS) is 11.5. The Bertz CT molecular complexity index is 1360. The highest BCUT2D eigenvalue weighted by Crippen LogP contribution is 2.17. The van der Waals surface area contributed by atoms with E-state index in [1.165, 1.54) is 22.3 Å². The lowest BCUT2D eigenvalue weighted by Crippen LogP contribution is -2.38. The number of rotatable bonds is 8. The van der Waals surface area contributed by atoms with Crippen molar-refractivity contribution >= 4 is 34.4 Å². The van der Waals surface area contributed by atoms with Crippen molar-refractivity contribution in [2.75, 3.05) is 6.54 Å². The minimum atomic E-state index is -0.731. The first-order valence-corrected chi connectivity index (χ1v) is 12.5. The van der Waals surface area contributed by atoms with Crippen LogP contribution in [0.3, 0.4) is 0 Å². The first kappa shape index (κ1) is 26.2. The summed E-state index contributed by atoms with van der Waals surface area (Å²) in [7, 11) is 0. The quantitative estimate of drug-likeness (QED) is 0.328. The number of fused-ring (bicyclic) bond motifs is 1. The molecule has 0 aliphatic rings. The van der Waals surface area contributed by atoms with Gasteiger partial charge in [-0.05, 0) is 45.0 Å². The number of imidazole rings is 1. The summed E-state index contributed by atoms with van der Waals surface area (Å²) >= 11 is 1.26. The van der Waals surface area contributed by atoms with Crippen LogP contribution in [0.5, 0.6) is 0 Å². The Kier molecular flexibility index (Phi) is 7.82. The van der Waals surface area contributed by atoms with E-state index < -0.39 is 29.2 Å². The van der Waals surface area contributed by atoms with Gasteiger partial charge in [0, 0.05) is 30.5 Å². The van der Waals surface area contributed by atoms with Gasteiger partial charge in [0.2, 0.25) is 0 Å². The van der Waals surface area contributed by atoms with Crippen LogP contribution in [0.1, 0.15) is 47.7 Å². The summed E-state index contributed by atoms with van der Waals surface area (Å²) in [5.41, 5.74) is 0.913. The van der Waals surface area contributed by atoms with Crippen LogP contribution in [0.2, 0.25) is 0 Å². The first-order chi connectivity index (χ1) is 17.6. The second-order valence-electron chi connectivity index (χ2n) is 9.36. The molecule has 2 aromatic heterocycles. The maximum absolute atomic E-state index is 13.8. The number of nitrogens with one attached hydrogen (secondary N) is 2. The molecule has 2 heterocycles. The molecule has 2 N–H and O–H groups in total. The fraction of sp³-hybridized carbons (Fsp3) is 0.308. The van der Waals surface area contributed by atoms with E-state index in [9.17, 15) is 18.4 Å². The lowest BCUT2D eigenvalue weighted by atomic mass is 10.2. The van der Waals surface area contributed by atoms with E-state index in [0.717, 1.165) is 23.2 Å². The van der Waals surface area contributed by atoms with Crippen LogP contribution in [-0.2, 0) is 24.2 Å². The average Bonchev–Trinajstić information content (AvgIpc) is 3.47. The molecule has 0 radical (unpaired) electrons. The molecule has 11 heteroatoms. The molecule has 4 aromatic rings. The fourth-order valence-electron chi connectivity index (χ4n) is 3.54. The number of hydrogen-bond donors (Lipinski definition) is 2. The summed E-state index contributed by atoms with van der Waals surface area (Å²) in [4.78, 5) is 39.0. The van der Waals surface area contributed by atoms with Crippen molar-refractivity contribution in [2.24, 2.45) is 0 Å². The molecule has 8 nitrogen and oxygen atoms in total. The fourth-order valence-corrected chi connectivity index (χ4v) is 4.31. The van der Waals surface area contributed by atoms with Gasteiger partial charge in [0.25, 0.3) is 5.91 Å². The number of hydrogen-bond acceptors (Lipinski definition) is 6. The molecule has 37 heavy (non-hydrogen) atoms. The molecule has 0 saturated carbocycles. The number of thiazole rings is 1. The first-order valence-electron chi connectivity index (χ1n) is 11.7. The van der Waals surface area contributed by atoms with Gasteiger partial charge >= 0.3 is 6.09 Å². The standard InChI is InChI=1S/C26H27F2N5O3S/c1-26(2,3)36-25(35)33(14-22-30-19-9-4-5-10-20(19)31-22)12-11-23-32-21(15-37-23)24(34)29-13-16-17(27)7-6-8-18(16)28/h4-10,15H,11-14H2,1-3H3,(H,29,34)(H,30,31). The van der Waals surface area contributed by atoms with Crippen molar-refractivity contribution < 1.29 is 23.1 Å². The van der Waals surface area contributed by atoms with Gasteiger partial charge in [-0.3, -0.25) is 4.79 Å². The summed E-state index contributed by atoms with van der Waals surface area (Å²) < 4.78 is 33.2. The van der Waals surface area contributed by atoms with E-state index in [1.807, 2.05) is 24.3 Å². The third kappa shape index (κ3) is 6.88. The van der Waals surface area contributed by atoms with Gasteiger partial charge < -0.3 is 19.9 Å². The Morgan fingerprint density at radius 2 is 1.81 bits per heavy atom. The largest absolute Gasteiger partial charge is 0.444 e. The molecule has 0 atom stereocenters. The minimum absolute atomic E-state index is 0.137. The molecule has 0 bridgehead atoms. The van der Waals surface area contributed by atoms with Crippen LogP contribution in [-0.4, -0.2) is 44.0 Å². The van der Waals surface area contributed by atoms with Crippen LogP contribution in [0.25, 0.3) is 11.0 Å². The van der Waals surface area contributed by atoms with Crippen molar-refractivity contribution in [3.63, 3.8) is 0 Å². The number of nitrogens with zero attached hydrogens (tertiary/aromatic N) is 3. The van der Waals surface area contributed by atoms with Crippen molar-refractivity contribution in [1.82, 2.24) is 25.2 Å². The maximum Gasteiger partial charge on any atom is 0.410 e. The molecular formula is C26H27F2N5O3S. The highest BCUT2D eigenvalue weighted by atomic mass is 32.1. The summed E-state index contributed by atoms with van der Waals surface area (Å²) in [6.45, 7) is 5.57. The van der Waals surface area contributed by atoms with Crippen LogP contribution < -0.4 is 5.32 Å². The highest BCUT2D eigenvalue weighted by molar-refractivity contribution is 7.09. The van der Waals surface area contributed by atoms with E-state index in [0.29, 0.717) is 17.3 Å². The molecule has 0 saturated heterocycles. The smallest absolute Gasteiger partial charge is 0.410 e. The van der Waals surface area contributed by atoms with Gasteiger partial charge in [-0.25, -0.2) is 23.5 Å². The Balaban J connectivity index is 1.41. The number of carbonyl (C=O) groups is 2. The molecule has 0 unspecified atom stereocenters.